The van der Waals surface area contributed by atoms with Gasteiger partial charge in [-0.15, -0.1) is 0 Å². The predicted molar refractivity (Wildman–Crippen MR) is 90.7 cm³/mol. The lowest BCUT2D eigenvalue weighted by molar-refractivity contribution is 0.303. The lowest BCUT2D eigenvalue weighted by atomic mass is 10.1. The van der Waals surface area contributed by atoms with Crippen molar-refractivity contribution < 1.29 is 4.42 Å². The Morgan fingerprint density at radius 1 is 1.36 bits per heavy atom. The fourth-order valence-corrected chi connectivity index (χ4v) is 2.79. The highest BCUT2D eigenvalue weighted by Gasteiger charge is 2.14. The van der Waals surface area contributed by atoms with E-state index in [1.165, 1.54) is 16.8 Å². The molecule has 0 atom stereocenters. The molecule has 0 aliphatic rings. The Labute approximate surface area is 133 Å². The van der Waals surface area contributed by atoms with Crippen LogP contribution in [-0.4, -0.2) is 27.8 Å². The van der Waals surface area contributed by atoms with Crippen molar-refractivity contribution in [3.05, 3.63) is 46.7 Å². The van der Waals surface area contributed by atoms with E-state index < -0.39 is 0 Å². The smallest absolute Gasteiger partial charge is 0.126 e. The molecule has 0 spiro atoms. The molecule has 2 heterocycles. The van der Waals surface area contributed by atoms with E-state index in [-0.39, 0.29) is 0 Å². The van der Waals surface area contributed by atoms with Crippen LogP contribution in [0.1, 0.15) is 43.5 Å². The maximum Gasteiger partial charge on any atom is 0.126 e. The average molecular weight is 301 g/mol. The normalized spacial score (nSPS) is 12.4. The van der Waals surface area contributed by atoms with Crippen LogP contribution in [0.4, 0.5) is 0 Å². The van der Waals surface area contributed by atoms with Gasteiger partial charge in [-0.1, -0.05) is 12.5 Å². The summed E-state index contributed by atoms with van der Waals surface area (Å²) in [6, 6.07) is 3.90. The van der Waals surface area contributed by atoms with Crippen LogP contribution in [0.3, 0.4) is 0 Å². The molecule has 22 heavy (non-hydrogen) atoms. The van der Waals surface area contributed by atoms with Crippen molar-refractivity contribution in [1.29, 1.82) is 0 Å². The van der Waals surface area contributed by atoms with Crippen molar-refractivity contribution in [2.45, 2.75) is 47.7 Å². The fraction of sp³-hybridized carbons (Fsp3) is 0.500. The molecule has 4 heteroatoms. The van der Waals surface area contributed by atoms with E-state index in [1.807, 2.05) is 12.1 Å². The second-order valence-corrected chi connectivity index (χ2v) is 5.77. The number of furan rings is 1. The summed E-state index contributed by atoms with van der Waals surface area (Å²) in [6.45, 7) is 14.6. The molecule has 0 aromatic carbocycles. The molecule has 2 aromatic heterocycles. The van der Waals surface area contributed by atoms with E-state index in [0.29, 0.717) is 0 Å². The highest BCUT2D eigenvalue weighted by Crippen LogP contribution is 2.17. The summed E-state index contributed by atoms with van der Waals surface area (Å²) in [5.74, 6) is 0.916. The molecule has 2 aromatic rings. The lowest BCUT2D eigenvalue weighted by Gasteiger charge is -2.21. The molecule has 0 aliphatic carbocycles. The van der Waals surface area contributed by atoms with Crippen molar-refractivity contribution in [3.8, 4) is 0 Å². The first-order valence-corrected chi connectivity index (χ1v) is 8.01. The molecule has 0 radical (unpaired) electrons. The van der Waals surface area contributed by atoms with Crippen LogP contribution in [-0.2, 0) is 13.1 Å². The maximum atomic E-state index is 5.39. The van der Waals surface area contributed by atoms with Gasteiger partial charge in [-0.25, -0.2) is 0 Å². The second-order valence-electron chi connectivity index (χ2n) is 5.77. The van der Waals surface area contributed by atoms with E-state index in [4.69, 9.17) is 4.42 Å². The van der Waals surface area contributed by atoms with Gasteiger partial charge in [0.15, 0.2) is 0 Å². The van der Waals surface area contributed by atoms with E-state index in [2.05, 4.69) is 55.4 Å². The topological polar surface area (TPSA) is 34.2 Å². The largest absolute Gasteiger partial charge is 0.465 e. The molecule has 4 nitrogen and oxygen atoms in total. The third kappa shape index (κ3) is 3.89. The van der Waals surface area contributed by atoms with Gasteiger partial charge in [0.05, 0.1) is 12.0 Å². The van der Waals surface area contributed by atoms with E-state index in [0.717, 1.165) is 37.6 Å². The van der Waals surface area contributed by atoms with Crippen molar-refractivity contribution >= 4 is 6.08 Å². The van der Waals surface area contributed by atoms with Crippen molar-refractivity contribution in [1.82, 2.24) is 14.7 Å². The Bertz CT molecular complexity index is 623. The third-order valence-corrected chi connectivity index (χ3v) is 4.06. The first-order chi connectivity index (χ1) is 10.5. The summed E-state index contributed by atoms with van der Waals surface area (Å²) < 4.78 is 7.47. The average Bonchev–Trinajstić information content (AvgIpc) is 3.09. The number of aromatic nitrogens is 2. The summed E-state index contributed by atoms with van der Waals surface area (Å²) in [5.41, 5.74) is 5.08. The van der Waals surface area contributed by atoms with Crippen LogP contribution < -0.4 is 0 Å². The van der Waals surface area contributed by atoms with Crippen molar-refractivity contribution in [2.75, 3.05) is 13.1 Å². The fourth-order valence-electron chi connectivity index (χ4n) is 2.79. The molecule has 0 saturated carbocycles. The second kappa shape index (κ2) is 7.45. The molecule has 0 unspecified atom stereocenters. The molecule has 2 rings (SSSR count). The maximum absolute atomic E-state index is 5.39. The van der Waals surface area contributed by atoms with Crippen molar-refractivity contribution in [2.24, 2.45) is 0 Å². The molecule has 0 N–H and O–H groups in total. The molecular weight excluding hydrogens is 274 g/mol. The Hall–Kier alpha value is -1.81. The highest BCUT2D eigenvalue weighted by atomic mass is 16.3. The van der Waals surface area contributed by atoms with Crippen LogP contribution in [0.2, 0.25) is 0 Å². The number of aryl methyl sites for hydroxylation is 2. The van der Waals surface area contributed by atoms with E-state index in [1.54, 1.807) is 6.26 Å². The molecule has 120 valence electrons. The minimum atomic E-state index is 0.916. The van der Waals surface area contributed by atoms with Gasteiger partial charge in [0.2, 0.25) is 0 Å². The van der Waals surface area contributed by atoms with Gasteiger partial charge in [-0.3, -0.25) is 9.58 Å². The van der Waals surface area contributed by atoms with Gasteiger partial charge in [-0.2, -0.15) is 5.10 Å². The van der Waals surface area contributed by atoms with Crippen molar-refractivity contribution in [3.63, 3.8) is 0 Å². The van der Waals surface area contributed by atoms with E-state index >= 15 is 0 Å². The Morgan fingerprint density at radius 3 is 2.68 bits per heavy atom. The number of hydrogen-bond donors (Lipinski definition) is 0. The van der Waals surface area contributed by atoms with Crippen LogP contribution in [0.5, 0.6) is 0 Å². The van der Waals surface area contributed by atoms with Crippen LogP contribution in [0.25, 0.3) is 6.08 Å². The van der Waals surface area contributed by atoms with Gasteiger partial charge >= 0.3 is 0 Å². The van der Waals surface area contributed by atoms with Gasteiger partial charge in [-0.05, 0) is 52.4 Å². The van der Waals surface area contributed by atoms with Gasteiger partial charge < -0.3 is 4.42 Å². The summed E-state index contributed by atoms with van der Waals surface area (Å²) in [5, 5.41) is 4.62. The number of rotatable bonds is 7. The Kier molecular flexibility index (Phi) is 5.61. The Morgan fingerprint density at radius 2 is 2.14 bits per heavy atom. The molecule has 0 saturated heterocycles. The molecule has 0 aliphatic heterocycles. The van der Waals surface area contributed by atoms with E-state index in [9.17, 15) is 0 Å². The standard InChI is InChI=1S/C18H27N3O/c1-6-20(12-14(3)11-17-9-8-10-22-17)13-18-15(4)19-21(7-2)16(18)5/h8-11H,6-7,12-13H2,1-5H3/b14-11+. The number of likely N-dealkylation sites (N-methyl/N-ethyl adjacent to an activating group) is 1. The van der Waals surface area contributed by atoms with Crippen LogP contribution >= 0.6 is 0 Å². The quantitative estimate of drug-likeness (QED) is 0.774. The van der Waals surface area contributed by atoms with Crippen LogP contribution in [0.15, 0.2) is 28.4 Å². The third-order valence-electron chi connectivity index (χ3n) is 4.06. The molecular formula is C18H27N3O. The summed E-state index contributed by atoms with van der Waals surface area (Å²) in [4.78, 5) is 2.44. The predicted octanol–water partition coefficient (Wildman–Crippen LogP) is 4.04. The zero-order valence-corrected chi connectivity index (χ0v) is 14.4. The zero-order valence-electron chi connectivity index (χ0n) is 14.4. The summed E-state index contributed by atoms with van der Waals surface area (Å²) in [6.07, 6.45) is 3.82. The number of hydrogen-bond acceptors (Lipinski definition) is 3. The minimum Gasteiger partial charge on any atom is -0.465 e. The Balaban J connectivity index is 2.08. The zero-order chi connectivity index (χ0) is 16.1. The summed E-state index contributed by atoms with van der Waals surface area (Å²) >= 11 is 0. The monoisotopic (exact) mass is 301 g/mol. The minimum absolute atomic E-state index is 0.916. The van der Waals surface area contributed by atoms with Gasteiger partial charge in [0, 0.05) is 30.9 Å². The first kappa shape index (κ1) is 16.6. The van der Waals surface area contributed by atoms with Crippen LogP contribution in [0, 0.1) is 13.8 Å². The SMILES string of the molecule is CCN(C/C(C)=C/c1ccco1)Cc1c(C)nn(CC)c1C. The summed E-state index contributed by atoms with van der Waals surface area (Å²) in [7, 11) is 0. The van der Waals surface area contributed by atoms with Gasteiger partial charge in [0.25, 0.3) is 0 Å². The molecule has 0 bridgehead atoms. The lowest BCUT2D eigenvalue weighted by Crippen LogP contribution is -2.25. The first-order valence-electron chi connectivity index (χ1n) is 8.01. The number of nitrogens with zero attached hydrogens (tertiary/aromatic N) is 3. The molecule has 0 amide bonds. The molecule has 0 fully saturated rings. The van der Waals surface area contributed by atoms with Gasteiger partial charge in [0.1, 0.15) is 5.76 Å². The highest BCUT2D eigenvalue weighted by molar-refractivity contribution is 5.46.